The average molecular weight is 197 g/mol. The van der Waals surface area contributed by atoms with E-state index in [0.717, 1.165) is 19.1 Å². The Bertz CT molecular complexity index is 202. The molecule has 0 amide bonds. The van der Waals surface area contributed by atoms with Crippen LogP contribution in [0.4, 0.5) is 0 Å². The molecule has 1 spiro atoms. The highest BCUT2D eigenvalue weighted by atomic mass is 16.5. The molecule has 2 fully saturated rings. The Balaban J connectivity index is 1.98. The number of ether oxygens (including phenoxy) is 1. The van der Waals surface area contributed by atoms with Crippen LogP contribution in [0.5, 0.6) is 0 Å². The van der Waals surface area contributed by atoms with Gasteiger partial charge in [0, 0.05) is 12.0 Å². The van der Waals surface area contributed by atoms with Gasteiger partial charge < -0.3 is 4.74 Å². The lowest BCUT2D eigenvalue weighted by molar-refractivity contribution is -0.160. The minimum atomic E-state index is 0.0349. The molecule has 0 radical (unpaired) electrons. The quantitative estimate of drug-likeness (QED) is 0.644. The molecule has 2 heteroatoms. The molecular weight excluding hydrogens is 174 g/mol. The fraction of sp³-hybridized carbons (Fsp3) is 1.00. The summed E-state index contributed by atoms with van der Waals surface area (Å²) in [5, 5.41) is 3.63. The third-order valence-corrected chi connectivity index (χ3v) is 3.58. The van der Waals surface area contributed by atoms with Crippen molar-refractivity contribution in [2.75, 3.05) is 13.2 Å². The zero-order chi connectivity index (χ0) is 10.2. The van der Waals surface area contributed by atoms with Gasteiger partial charge in [-0.2, -0.15) is 0 Å². The summed E-state index contributed by atoms with van der Waals surface area (Å²) in [6, 6.07) is 0. The van der Waals surface area contributed by atoms with Gasteiger partial charge >= 0.3 is 0 Å². The topological polar surface area (TPSA) is 21.3 Å². The van der Waals surface area contributed by atoms with Crippen LogP contribution < -0.4 is 5.32 Å². The first kappa shape index (κ1) is 10.4. The molecule has 1 N–H and O–H groups in total. The van der Waals surface area contributed by atoms with E-state index in [4.69, 9.17) is 4.74 Å². The Morgan fingerprint density at radius 2 is 2.14 bits per heavy atom. The molecule has 2 atom stereocenters. The monoisotopic (exact) mass is 197 g/mol. The van der Waals surface area contributed by atoms with Gasteiger partial charge in [-0.25, -0.2) is 0 Å². The van der Waals surface area contributed by atoms with Crippen LogP contribution in [0.15, 0.2) is 0 Å². The second kappa shape index (κ2) is 3.49. The molecule has 0 aromatic heterocycles. The summed E-state index contributed by atoms with van der Waals surface area (Å²) in [7, 11) is 0. The van der Waals surface area contributed by atoms with Gasteiger partial charge in [0.05, 0.1) is 6.61 Å². The van der Waals surface area contributed by atoms with E-state index in [-0.39, 0.29) is 5.72 Å². The summed E-state index contributed by atoms with van der Waals surface area (Å²) < 4.78 is 6.08. The van der Waals surface area contributed by atoms with Gasteiger partial charge in [-0.3, -0.25) is 5.32 Å². The van der Waals surface area contributed by atoms with Gasteiger partial charge in [-0.05, 0) is 25.2 Å². The zero-order valence-corrected chi connectivity index (χ0v) is 9.73. The maximum Gasteiger partial charge on any atom is 0.119 e. The van der Waals surface area contributed by atoms with E-state index in [0.29, 0.717) is 5.41 Å². The molecule has 1 aliphatic carbocycles. The number of rotatable bonds is 0. The van der Waals surface area contributed by atoms with E-state index in [9.17, 15) is 0 Å². The lowest BCUT2D eigenvalue weighted by atomic mass is 9.81. The van der Waals surface area contributed by atoms with Crippen molar-refractivity contribution < 1.29 is 4.74 Å². The predicted molar refractivity (Wildman–Crippen MR) is 58.1 cm³/mol. The standard InChI is InChI=1S/C12H23NO/c1-10-5-4-6-12(7-10)13-8-11(2,3)9-14-12/h10,13H,4-9H2,1-3H3. The van der Waals surface area contributed by atoms with Crippen molar-refractivity contribution in [2.45, 2.75) is 52.2 Å². The van der Waals surface area contributed by atoms with Crippen molar-refractivity contribution in [3.8, 4) is 0 Å². The van der Waals surface area contributed by atoms with E-state index in [2.05, 4.69) is 26.1 Å². The maximum atomic E-state index is 6.08. The molecule has 1 saturated heterocycles. The van der Waals surface area contributed by atoms with E-state index in [1.54, 1.807) is 0 Å². The highest BCUT2D eigenvalue weighted by molar-refractivity contribution is 4.91. The van der Waals surface area contributed by atoms with Gasteiger partial charge in [0.25, 0.3) is 0 Å². The minimum Gasteiger partial charge on any atom is -0.360 e. The maximum absolute atomic E-state index is 6.08. The summed E-state index contributed by atoms with van der Waals surface area (Å²) >= 11 is 0. The van der Waals surface area contributed by atoms with Crippen LogP contribution in [0.2, 0.25) is 0 Å². The molecule has 2 unspecified atom stereocenters. The Morgan fingerprint density at radius 3 is 2.71 bits per heavy atom. The Morgan fingerprint density at radius 1 is 1.36 bits per heavy atom. The molecule has 1 heterocycles. The number of nitrogens with one attached hydrogen (secondary N) is 1. The number of hydrogen-bond donors (Lipinski definition) is 1. The van der Waals surface area contributed by atoms with Crippen molar-refractivity contribution in [2.24, 2.45) is 11.3 Å². The SMILES string of the molecule is CC1CCCC2(C1)NCC(C)(C)CO2. The minimum absolute atomic E-state index is 0.0349. The van der Waals surface area contributed by atoms with Crippen LogP contribution in [0.25, 0.3) is 0 Å². The van der Waals surface area contributed by atoms with Crippen molar-refractivity contribution in [1.29, 1.82) is 0 Å². The van der Waals surface area contributed by atoms with Crippen LogP contribution in [0.1, 0.15) is 46.5 Å². The third kappa shape index (κ3) is 2.12. The average Bonchev–Trinajstić information content (AvgIpc) is 2.12. The smallest absolute Gasteiger partial charge is 0.119 e. The van der Waals surface area contributed by atoms with Gasteiger partial charge in [0.2, 0.25) is 0 Å². The Kier molecular flexibility index (Phi) is 2.61. The molecule has 82 valence electrons. The first-order valence-electron chi connectivity index (χ1n) is 5.90. The van der Waals surface area contributed by atoms with Crippen LogP contribution in [0.3, 0.4) is 0 Å². The molecule has 2 nitrogen and oxygen atoms in total. The van der Waals surface area contributed by atoms with E-state index in [1.807, 2.05) is 0 Å². The molecule has 1 aliphatic heterocycles. The molecule has 0 aromatic rings. The summed E-state index contributed by atoms with van der Waals surface area (Å²) in [6.07, 6.45) is 5.08. The molecule has 2 aliphatic rings. The van der Waals surface area contributed by atoms with Crippen molar-refractivity contribution in [1.82, 2.24) is 5.32 Å². The van der Waals surface area contributed by atoms with Crippen LogP contribution in [-0.4, -0.2) is 18.9 Å². The lowest BCUT2D eigenvalue weighted by Gasteiger charge is -2.48. The third-order valence-electron chi connectivity index (χ3n) is 3.58. The fourth-order valence-electron chi connectivity index (χ4n) is 2.63. The van der Waals surface area contributed by atoms with Crippen LogP contribution in [0, 0.1) is 11.3 Å². The first-order valence-corrected chi connectivity index (χ1v) is 5.90. The van der Waals surface area contributed by atoms with Gasteiger partial charge in [0.15, 0.2) is 0 Å². The molecule has 14 heavy (non-hydrogen) atoms. The highest BCUT2D eigenvalue weighted by Gasteiger charge is 2.41. The molecule has 2 rings (SSSR count). The van der Waals surface area contributed by atoms with E-state index >= 15 is 0 Å². The summed E-state index contributed by atoms with van der Waals surface area (Å²) in [4.78, 5) is 0. The number of hydrogen-bond acceptors (Lipinski definition) is 2. The largest absolute Gasteiger partial charge is 0.360 e. The highest BCUT2D eigenvalue weighted by Crippen LogP contribution is 2.37. The van der Waals surface area contributed by atoms with Crippen molar-refractivity contribution >= 4 is 0 Å². The predicted octanol–water partition coefficient (Wildman–Crippen LogP) is 2.54. The molecule has 1 saturated carbocycles. The van der Waals surface area contributed by atoms with E-state index < -0.39 is 0 Å². The lowest BCUT2D eigenvalue weighted by Crippen LogP contribution is -2.59. The second-order valence-electron chi connectivity index (χ2n) is 6.00. The van der Waals surface area contributed by atoms with E-state index in [1.165, 1.54) is 25.7 Å². The summed E-state index contributed by atoms with van der Waals surface area (Å²) in [5.41, 5.74) is 0.346. The van der Waals surface area contributed by atoms with Gasteiger partial charge in [-0.15, -0.1) is 0 Å². The van der Waals surface area contributed by atoms with Crippen molar-refractivity contribution in [3.63, 3.8) is 0 Å². The fourth-order valence-corrected chi connectivity index (χ4v) is 2.63. The van der Waals surface area contributed by atoms with Crippen LogP contribution >= 0.6 is 0 Å². The zero-order valence-electron chi connectivity index (χ0n) is 9.73. The molecule has 0 aromatic carbocycles. The summed E-state index contributed by atoms with van der Waals surface area (Å²) in [6.45, 7) is 8.87. The summed E-state index contributed by atoms with van der Waals surface area (Å²) in [5.74, 6) is 0.817. The first-order chi connectivity index (χ1) is 6.52. The van der Waals surface area contributed by atoms with Gasteiger partial charge in [0.1, 0.15) is 5.72 Å². The Hall–Kier alpha value is -0.0800. The molecular formula is C12H23NO. The Labute approximate surface area is 87.4 Å². The molecule has 0 bridgehead atoms. The van der Waals surface area contributed by atoms with Gasteiger partial charge in [-0.1, -0.05) is 27.2 Å². The normalized spacial score (nSPS) is 42.6. The van der Waals surface area contributed by atoms with Crippen molar-refractivity contribution in [3.05, 3.63) is 0 Å². The second-order valence-corrected chi connectivity index (χ2v) is 6.00. The van der Waals surface area contributed by atoms with Crippen LogP contribution in [-0.2, 0) is 4.74 Å².